The SMILES string of the molecule is O=C1C(=NO)SCCN1CCC(Cc1ccccc1)c1ccccc1. The summed E-state index contributed by atoms with van der Waals surface area (Å²) in [6, 6.07) is 20.9. The van der Waals surface area contributed by atoms with Crippen LogP contribution in [-0.4, -0.2) is 39.9 Å². The molecular formula is C20H22N2O2S. The van der Waals surface area contributed by atoms with Crippen molar-refractivity contribution in [2.45, 2.75) is 18.8 Å². The van der Waals surface area contributed by atoms with E-state index >= 15 is 0 Å². The Balaban J connectivity index is 1.71. The lowest BCUT2D eigenvalue weighted by Crippen LogP contribution is -2.42. The molecule has 1 N–H and O–H groups in total. The summed E-state index contributed by atoms with van der Waals surface area (Å²) in [6.07, 6.45) is 1.83. The summed E-state index contributed by atoms with van der Waals surface area (Å²) < 4.78 is 0. The zero-order chi connectivity index (χ0) is 17.5. The van der Waals surface area contributed by atoms with Crippen LogP contribution >= 0.6 is 11.8 Å². The molecule has 0 bridgehead atoms. The van der Waals surface area contributed by atoms with Crippen molar-refractivity contribution in [2.75, 3.05) is 18.8 Å². The lowest BCUT2D eigenvalue weighted by Gasteiger charge is -2.28. The lowest BCUT2D eigenvalue weighted by atomic mass is 9.89. The van der Waals surface area contributed by atoms with E-state index in [4.69, 9.17) is 5.21 Å². The molecule has 1 aliphatic rings. The smallest absolute Gasteiger partial charge is 0.282 e. The number of hydrogen-bond acceptors (Lipinski definition) is 4. The molecular weight excluding hydrogens is 332 g/mol. The maximum Gasteiger partial charge on any atom is 0.282 e. The Morgan fingerprint density at radius 3 is 2.44 bits per heavy atom. The number of amides is 1. The fourth-order valence-corrected chi connectivity index (χ4v) is 3.97. The van der Waals surface area contributed by atoms with Gasteiger partial charge < -0.3 is 10.1 Å². The van der Waals surface area contributed by atoms with Crippen LogP contribution < -0.4 is 0 Å². The van der Waals surface area contributed by atoms with Gasteiger partial charge in [0.05, 0.1) is 0 Å². The van der Waals surface area contributed by atoms with Crippen LogP contribution in [0.15, 0.2) is 65.8 Å². The normalized spacial score (nSPS) is 17.7. The topological polar surface area (TPSA) is 52.9 Å². The number of rotatable bonds is 6. The number of hydrogen-bond donors (Lipinski definition) is 1. The first-order valence-corrected chi connectivity index (χ1v) is 9.49. The quantitative estimate of drug-likeness (QED) is 0.635. The fraction of sp³-hybridized carbons (Fsp3) is 0.300. The van der Waals surface area contributed by atoms with E-state index in [1.54, 1.807) is 4.90 Å². The average Bonchev–Trinajstić information content (AvgIpc) is 2.67. The summed E-state index contributed by atoms with van der Waals surface area (Å²) >= 11 is 1.32. The molecule has 0 aliphatic carbocycles. The third kappa shape index (κ3) is 4.63. The molecule has 0 radical (unpaired) electrons. The highest BCUT2D eigenvalue weighted by Gasteiger charge is 2.26. The van der Waals surface area contributed by atoms with E-state index < -0.39 is 0 Å². The van der Waals surface area contributed by atoms with E-state index in [0.717, 1.165) is 18.6 Å². The van der Waals surface area contributed by atoms with E-state index in [0.29, 0.717) is 19.0 Å². The standard InChI is InChI=1S/C20H22N2O2S/c23-20-19(21-24)25-14-13-22(20)12-11-18(17-9-5-2-6-10-17)15-16-7-3-1-4-8-16/h1-10,18,24H,11-15H2. The van der Waals surface area contributed by atoms with Crippen molar-refractivity contribution >= 4 is 22.7 Å². The molecule has 130 valence electrons. The van der Waals surface area contributed by atoms with Crippen molar-refractivity contribution in [1.29, 1.82) is 0 Å². The summed E-state index contributed by atoms with van der Waals surface area (Å²) in [5.41, 5.74) is 2.59. The van der Waals surface area contributed by atoms with Crippen molar-refractivity contribution in [3.63, 3.8) is 0 Å². The number of carbonyl (C=O) groups excluding carboxylic acids is 1. The highest BCUT2D eigenvalue weighted by Crippen LogP contribution is 2.26. The van der Waals surface area contributed by atoms with Crippen molar-refractivity contribution in [1.82, 2.24) is 4.90 Å². The predicted molar refractivity (Wildman–Crippen MR) is 102 cm³/mol. The van der Waals surface area contributed by atoms with Crippen molar-refractivity contribution in [3.8, 4) is 0 Å². The molecule has 2 aromatic rings. The highest BCUT2D eigenvalue weighted by molar-refractivity contribution is 8.15. The summed E-state index contributed by atoms with van der Waals surface area (Å²) in [4.78, 5) is 14.1. The van der Waals surface area contributed by atoms with Gasteiger partial charge in [-0.2, -0.15) is 0 Å². The van der Waals surface area contributed by atoms with Crippen LogP contribution in [0.5, 0.6) is 0 Å². The predicted octanol–water partition coefficient (Wildman–Crippen LogP) is 3.77. The van der Waals surface area contributed by atoms with Gasteiger partial charge in [-0.3, -0.25) is 4.79 Å². The molecule has 1 saturated heterocycles. The second kappa shape index (κ2) is 8.72. The van der Waals surface area contributed by atoms with Gasteiger partial charge in [0, 0.05) is 18.8 Å². The first-order chi connectivity index (χ1) is 12.3. The molecule has 1 fully saturated rings. The Labute approximate surface area is 152 Å². The zero-order valence-electron chi connectivity index (χ0n) is 14.0. The Morgan fingerprint density at radius 2 is 1.76 bits per heavy atom. The molecule has 1 amide bonds. The van der Waals surface area contributed by atoms with E-state index in [-0.39, 0.29) is 11.0 Å². The average molecular weight is 354 g/mol. The van der Waals surface area contributed by atoms with Crippen LogP contribution in [0.25, 0.3) is 0 Å². The van der Waals surface area contributed by atoms with E-state index in [1.165, 1.54) is 22.9 Å². The van der Waals surface area contributed by atoms with Gasteiger partial charge in [-0.25, -0.2) is 0 Å². The van der Waals surface area contributed by atoms with E-state index in [2.05, 4.69) is 53.7 Å². The molecule has 4 nitrogen and oxygen atoms in total. The van der Waals surface area contributed by atoms with Crippen LogP contribution in [0.1, 0.15) is 23.5 Å². The molecule has 2 aromatic carbocycles. The largest absolute Gasteiger partial charge is 0.410 e. The highest BCUT2D eigenvalue weighted by atomic mass is 32.2. The lowest BCUT2D eigenvalue weighted by molar-refractivity contribution is -0.124. The van der Waals surface area contributed by atoms with Gasteiger partial charge in [0.2, 0.25) is 5.04 Å². The number of benzene rings is 2. The molecule has 25 heavy (non-hydrogen) atoms. The summed E-state index contributed by atoms with van der Waals surface area (Å²) in [5, 5.41) is 12.3. The minimum absolute atomic E-state index is 0.162. The summed E-state index contributed by atoms with van der Waals surface area (Å²) in [5.74, 6) is 0.963. The minimum atomic E-state index is -0.162. The maximum atomic E-state index is 12.3. The van der Waals surface area contributed by atoms with Gasteiger partial charge >= 0.3 is 0 Å². The van der Waals surface area contributed by atoms with Crippen LogP contribution in [-0.2, 0) is 11.2 Å². The van der Waals surface area contributed by atoms with Gasteiger partial charge in [0.25, 0.3) is 5.91 Å². The molecule has 1 heterocycles. The number of carbonyl (C=O) groups is 1. The molecule has 0 saturated carbocycles. The Hall–Kier alpha value is -2.27. The Morgan fingerprint density at radius 1 is 1.08 bits per heavy atom. The first kappa shape index (κ1) is 17.5. The fourth-order valence-electron chi connectivity index (χ4n) is 3.16. The van der Waals surface area contributed by atoms with Crippen molar-refractivity contribution in [3.05, 3.63) is 71.8 Å². The molecule has 1 aliphatic heterocycles. The molecule has 0 spiro atoms. The summed E-state index contributed by atoms with van der Waals surface area (Å²) in [7, 11) is 0. The third-order valence-electron chi connectivity index (χ3n) is 4.50. The first-order valence-electron chi connectivity index (χ1n) is 8.51. The molecule has 5 heteroatoms. The Bertz CT molecular complexity index is 719. The van der Waals surface area contributed by atoms with E-state index in [1.807, 2.05) is 12.1 Å². The maximum absolute atomic E-state index is 12.3. The van der Waals surface area contributed by atoms with Crippen LogP contribution in [0.3, 0.4) is 0 Å². The van der Waals surface area contributed by atoms with Gasteiger partial charge in [0.1, 0.15) is 0 Å². The molecule has 0 aromatic heterocycles. The van der Waals surface area contributed by atoms with Gasteiger partial charge in [-0.15, -0.1) is 0 Å². The van der Waals surface area contributed by atoms with Crippen LogP contribution in [0, 0.1) is 0 Å². The van der Waals surface area contributed by atoms with Gasteiger partial charge in [-0.1, -0.05) is 77.6 Å². The molecule has 1 unspecified atom stereocenters. The van der Waals surface area contributed by atoms with Crippen molar-refractivity contribution in [2.24, 2.45) is 5.16 Å². The van der Waals surface area contributed by atoms with E-state index in [9.17, 15) is 4.79 Å². The van der Waals surface area contributed by atoms with Crippen LogP contribution in [0.4, 0.5) is 0 Å². The van der Waals surface area contributed by atoms with Crippen LogP contribution in [0.2, 0.25) is 0 Å². The number of oxime groups is 1. The number of thioether (sulfide) groups is 1. The Kier molecular flexibility index (Phi) is 6.12. The zero-order valence-corrected chi connectivity index (χ0v) is 14.9. The van der Waals surface area contributed by atoms with Gasteiger partial charge in [0.15, 0.2) is 0 Å². The second-order valence-electron chi connectivity index (χ2n) is 6.13. The van der Waals surface area contributed by atoms with Crippen molar-refractivity contribution < 1.29 is 10.0 Å². The summed E-state index contributed by atoms with van der Waals surface area (Å²) in [6.45, 7) is 1.38. The monoisotopic (exact) mass is 354 g/mol. The number of nitrogens with zero attached hydrogens (tertiary/aromatic N) is 2. The van der Waals surface area contributed by atoms with Gasteiger partial charge in [-0.05, 0) is 29.9 Å². The minimum Gasteiger partial charge on any atom is -0.410 e. The second-order valence-corrected chi connectivity index (χ2v) is 7.22. The molecule has 3 rings (SSSR count). The molecule has 1 atom stereocenters. The third-order valence-corrected chi connectivity index (χ3v) is 5.42.